The lowest BCUT2D eigenvalue weighted by atomic mass is 10.1. The minimum absolute atomic E-state index is 0.115. The van der Waals surface area contributed by atoms with Gasteiger partial charge in [0.05, 0.1) is 0 Å². The van der Waals surface area contributed by atoms with Gasteiger partial charge in [-0.3, -0.25) is 4.79 Å². The molecule has 0 saturated heterocycles. The minimum Gasteiger partial charge on any atom is -0.480 e. The van der Waals surface area contributed by atoms with Crippen LogP contribution in [-0.4, -0.2) is 31.3 Å². The Labute approximate surface area is 156 Å². The van der Waals surface area contributed by atoms with E-state index in [1.54, 1.807) is 23.6 Å². The van der Waals surface area contributed by atoms with Crippen molar-refractivity contribution in [2.45, 2.75) is 35.1 Å². The van der Waals surface area contributed by atoms with Gasteiger partial charge in [0.15, 0.2) is 5.25 Å². The highest BCUT2D eigenvalue weighted by molar-refractivity contribution is 7.94. The first-order valence-electron chi connectivity index (χ1n) is 7.91. The molecule has 0 aliphatic carbocycles. The molecule has 1 atom stereocenters. The van der Waals surface area contributed by atoms with Crippen LogP contribution in [0.15, 0.2) is 46.0 Å². The van der Waals surface area contributed by atoms with Crippen LogP contribution in [-0.2, 0) is 14.6 Å². The number of unbranched alkanes of at least 4 members (excludes halogenated alkanes) is 2. The zero-order valence-corrected chi connectivity index (χ0v) is 15.9. The van der Waals surface area contributed by atoms with E-state index in [1.165, 1.54) is 6.07 Å². The number of nitrogens with one attached hydrogen (secondary N) is 1. The van der Waals surface area contributed by atoms with Gasteiger partial charge in [-0.1, -0.05) is 30.5 Å². The summed E-state index contributed by atoms with van der Waals surface area (Å²) < 4.78 is 24.9. The van der Waals surface area contributed by atoms with Crippen LogP contribution in [0.2, 0.25) is 5.02 Å². The summed E-state index contributed by atoms with van der Waals surface area (Å²) in [5.74, 6) is -1.28. The maximum atomic E-state index is 12.4. The number of sulfone groups is 1. The van der Waals surface area contributed by atoms with Crippen molar-refractivity contribution in [3.8, 4) is 0 Å². The molecule has 25 heavy (non-hydrogen) atoms. The lowest BCUT2D eigenvalue weighted by molar-refractivity contribution is -0.136. The third-order valence-corrected chi connectivity index (χ3v) is 7.52. The van der Waals surface area contributed by atoms with Crippen LogP contribution in [0, 0.1) is 0 Å². The zero-order valence-electron chi connectivity index (χ0n) is 13.5. The van der Waals surface area contributed by atoms with Gasteiger partial charge in [-0.25, -0.2) is 8.42 Å². The van der Waals surface area contributed by atoms with E-state index < -0.39 is 21.1 Å². The fourth-order valence-corrected chi connectivity index (χ4v) is 5.33. The third-order valence-electron chi connectivity index (χ3n) is 3.74. The smallest absolute Gasteiger partial charge is 0.322 e. The van der Waals surface area contributed by atoms with Gasteiger partial charge in [-0.05, 0) is 48.6 Å². The number of aliphatic carboxylic acids is 1. The molecule has 0 aliphatic heterocycles. The maximum absolute atomic E-state index is 12.4. The number of benzene rings is 1. The largest absolute Gasteiger partial charge is 0.480 e. The van der Waals surface area contributed by atoms with Gasteiger partial charge in [-0.2, -0.15) is 0 Å². The number of carboxylic acid groups (broad SMARTS) is 1. The van der Waals surface area contributed by atoms with Crippen molar-refractivity contribution < 1.29 is 18.3 Å². The molecular formula is C17H20ClNO4S2. The van der Waals surface area contributed by atoms with Crippen LogP contribution in [0.3, 0.4) is 0 Å². The van der Waals surface area contributed by atoms with E-state index in [9.17, 15) is 18.3 Å². The number of carbonyl (C=O) groups is 1. The third kappa shape index (κ3) is 5.73. The van der Waals surface area contributed by atoms with Crippen molar-refractivity contribution in [3.63, 3.8) is 0 Å². The first-order chi connectivity index (χ1) is 11.9. The van der Waals surface area contributed by atoms with Gasteiger partial charge < -0.3 is 10.4 Å². The summed E-state index contributed by atoms with van der Waals surface area (Å²) in [6, 6.07) is 10.4. The molecule has 136 valence electrons. The Kier molecular flexibility index (Phi) is 7.28. The Hall–Kier alpha value is -1.57. The fourth-order valence-electron chi connectivity index (χ4n) is 2.41. The quantitative estimate of drug-likeness (QED) is 0.580. The second kappa shape index (κ2) is 9.22. The molecule has 2 rings (SSSR count). The number of hydrogen-bond donors (Lipinski definition) is 2. The summed E-state index contributed by atoms with van der Waals surface area (Å²) in [4.78, 5) is 11.4. The molecule has 0 fully saturated rings. The highest BCUT2D eigenvalue weighted by atomic mass is 35.5. The van der Waals surface area contributed by atoms with Crippen LogP contribution in [0.5, 0.6) is 0 Å². The summed E-state index contributed by atoms with van der Waals surface area (Å²) in [5, 5.41) is 13.5. The van der Waals surface area contributed by atoms with Crippen LogP contribution in [0.1, 0.15) is 25.7 Å². The number of anilines is 1. The summed E-state index contributed by atoms with van der Waals surface area (Å²) in [5.41, 5.74) is 0.966. The molecule has 5 nitrogen and oxygen atoms in total. The predicted molar refractivity (Wildman–Crippen MR) is 101 cm³/mol. The van der Waals surface area contributed by atoms with Crippen molar-refractivity contribution in [3.05, 3.63) is 46.8 Å². The van der Waals surface area contributed by atoms with Gasteiger partial charge in [0.1, 0.15) is 4.21 Å². The maximum Gasteiger partial charge on any atom is 0.322 e. The summed E-state index contributed by atoms with van der Waals surface area (Å²) in [6.07, 6.45) is 2.25. The number of carboxylic acids is 1. The van der Waals surface area contributed by atoms with E-state index in [1.807, 2.05) is 12.1 Å². The highest BCUT2D eigenvalue weighted by Gasteiger charge is 2.34. The average Bonchev–Trinajstić information content (AvgIpc) is 3.10. The Bertz CT molecular complexity index is 773. The molecule has 1 aromatic carbocycles. The van der Waals surface area contributed by atoms with E-state index in [0.717, 1.165) is 36.4 Å². The molecule has 2 aromatic rings. The van der Waals surface area contributed by atoms with Crippen molar-refractivity contribution >= 4 is 44.4 Å². The summed E-state index contributed by atoms with van der Waals surface area (Å²) >= 11 is 6.87. The summed E-state index contributed by atoms with van der Waals surface area (Å²) in [7, 11) is -3.81. The first kappa shape index (κ1) is 19.8. The number of hydrogen-bond acceptors (Lipinski definition) is 5. The molecule has 0 bridgehead atoms. The SMILES string of the molecule is O=C(O)C(CCCCCNc1ccc(Cl)cc1)S(=O)(=O)c1cccs1. The van der Waals surface area contributed by atoms with Gasteiger partial charge in [0.25, 0.3) is 0 Å². The van der Waals surface area contributed by atoms with Gasteiger partial charge >= 0.3 is 5.97 Å². The Balaban J connectivity index is 1.76. The van der Waals surface area contributed by atoms with Crippen LogP contribution in [0.4, 0.5) is 5.69 Å². The molecule has 2 N–H and O–H groups in total. The van der Waals surface area contributed by atoms with E-state index in [2.05, 4.69) is 5.32 Å². The molecular weight excluding hydrogens is 382 g/mol. The van der Waals surface area contributed by atoms with Crippen molar-refractivity contribution in [1.29, 1.82) is 0 Å². The highest BCUT2D eigenvalue weighted by Crippen LogP contribution is 2.24. The summed E-state index contributed by atoms with van der Waals surface area (Å²) in [6.45, 7) is 0.733. The number of thiophene rings is 1. The van der Waals surface area contributed by atoms with E-state index in [0.29, 0.717) is 11.4 Å². The molecule has 1 unspecified atom stereocenters. The number of halogens is 1. The molecule has 0 spiro atoms. The van der Waals surface area contributed by atoms with E-state index in [-0.39, 0.29) is 10.6 Å². The standard InChI is InChI=1S/C17H20ClNO4S2/c18-13-7-9-14(10-8-13)19-11-3-1-2-5-15(17(20)21)25(22,23)16-6-4-12-24-16/h4,6-10,12,15,19H,1-3,5,11H2,(H,20,21). The number of rotatable bonds is 10. The Morgan fingerprint density at radius 1 is 1.16 bits per heavy atom. The monoisotopic (exact) mass is 401 g/mol. The molecule has 0 radical (unpaired) electrons. The molecule has 0 saturated carbocycles. The average molecular weight is 402 g/mol. The van der Waals surface area contributed by atoms with Gasteiger partial charge in [0, 0.05) is 17.3 Å². The molecule has 8 heteroatoms. The van der Waals surface area contributed by atoms with E-state index in [4.69, 9.17) is 11.6 Å². The van der Waals surface area contributed by atoms with Crippen LogP contribution >= 0.6 is 22.9 Å². The molecule has 0 aliphatic rings. The predicted octanol–water partition coefficient (Wildman–Crippen LogP) is 4.30. The van der Waals surface area contributed by atoms with Crippen LogP contribution in [0.25, 0.3) is 0 Å². The van der Waals surface area contributed by atoms with E-state index >= 15 is 0 Å². The van der Waals surface area contributed by atoms with Crippen molar-refractivity contribution in [2.24, 2.45) is 0 Å². The van der Waals surface area contributed by atoms with Gasteiger partial charge in [-0.15, -0.1) is 11.3 Å². The Morgan fingerprint density at radius 2 is 1.88 bits per heavy atom. The lowest BCUT2D eigenvalue weighted by Crippen LogP contribution is -2.29. The Morgan fingerprint density at radius 3 is 2.48 bits per heavy atom. The van der Waals surface area contributed by atoms with Crippen LogP contribution < -0.4 is 5.32 Å². The zero-order chi connectivity index (χ0) is 18.3. The fraction of sp³-hybridized carbons (Fsp3) is 0.353. The van der Waals surface area contributed by atoms with Crippen molar-refractivity contribution in [2.75, 3.05) is 11.9 Å². The normalized spacial score (nSPS) is 12.7. The first-order valence-corrected chi connectivity index (χ1v) is 10.7. The topological polar surface area (TPSA) is 83.5 Å². The molecule has 1 aromatic heterocycles. The second-order valence-electron chi connectivity index (χ2n) is 5.59. The van der Waals surface area contributed by atoms with Gasteiger partial charge in [0.2, 0.25) is 9.84 Å². The minimum atomic E-state index is -3.81. The molecule has 1 heterocycles. The molecule has 0 amide bonds. The van der Waals surface area contributed by atoms with Crippen molar-refractivity contribution in [1.82, 2.24) is 0 Å². The second-order valence-corrected chi connectivity index (χ2v) is 9.33. The lowest BCUT2D eigenvalue weighted by Gasteiger charge is -2.12.